The Bertz CT molecular complexity index is 582. The normalized spacial score (nSPS) is 11.0. The van der Waals surface area contributed by atoms with E-state index in [-0.39, 0.29) is 5.78 Å². The van der Waals surface area contributed by atoms with E-state index in [1.807, 2.05) is 24.0 Å². The first-order chi connectivity index (χ1) is 9.60. The van der Waals surface area contributed by atoms with Crippen molar-refractivity contribution in [3.8, 4) is 0 Å². The van der Waals surface area contributed by atoms with Gasteiger partial charge in [-0.05, 0) is 36.9 Å². The highest BCUT2D eigenvalue weighted by molar-refractivity contribution is 6.36. The molecule has 0 saturated carbocycles. The van der Waals surface area contributed by atoms with Gasteiger partial charge in [-0.25, -0.2) is 0 Å². The summed E-state index contributed by atoms with van der Waals surface area (Å²) in [6, 6.07) is 8.64. The summed E-state index contributed by atoms with van der Waals surface area (Å²) in [5.41, 5.74) is 0.494. The smallest absolute Gasteiger partial charge is 0.178 e. The van der Waals surface area contributed by atoms with Crippen LogP contribution in [-0.4, -0.2) is 23.8 Å². The molecule has 0 radical (unpaired) electrons. The van der Waals surface area contributed by atoms with Crippen LogP contribution in [0.4, 0.5) is 0 Å². The summed E-state index contributed by atoms with van der Waals surface area (Å²) < 4.78 is 5.30. The van der Waals surface area contributed by atoms with Crippen LogP contribution >= 0.6 is 23.2 Å². The molecule has 0 aliphatic heterocycles. The largest absolute Gasteiger partial charge is 0.468 e. The Morgan fingerprint density at radius 2 is 2.10 bits per heavy atom. The number of rotatable bonds is 6. The van der Waals surface area contributed by atoms with Gasteiger partial charge in [-0.1, -0.05) is 30.1 Å². The van der Waals surface area contributed by atoms with Crippen LogP contribution in [-0.2, 0) is 6.54 Å². The predicted molar refractivity (Wildman–Crippen MR) is 80.5 cm³/mol. The quantitative estimate of drug-likeness (QED) is 0.746. The van der Waals surface area contributed by atoms with Crippen LogP contribution in [0.25, 0.3) is 0 Å². The van der Waals surface area contributed by atoms with Crippen LogP contribution in [0.2, 0.25) is 10.0 Å². The minimum absolute atomic E-state index is 0.0277. The number of nitrogens with zero attached hydrogens (tertiary/aromatic N) is 1. The number of carbonyl (C=O) groups is 1. The van der Waals surface area contributed by atoms with Gasteiger partial charge in [0.05, 0.1) is 24.4 Å². The van der Waals surface area contributed by atoms with Crippen LogP contribution in [0.3, 0.4) is 0 Å². The number of Topliss-reactive ketones (excluding diaryl/α,β-unsaturated/α-hetero) is 1. The van der Waals surface area contributed by atoms with Crippen molar-refractivity contribution in [3.63, 3.8) is 0 Å². The van der Waals surface area contributed by atoms with E-state index in [2.05, 4.69) is 0 Å². The average Bonchev–Trinajstić information content (AvgIpc) is 2.90. The molecule has 1 heterocycles. The van der Waals surface area contributed by atoms with Gasteiger partial charge >= 0.3 is 0 Å². The van der Waals surface area contributed by atoms with Gasteiger partial charge in [0.25, 0.3) is 0 Å². The first-order valence-electron chi connectivity index (χ1n) is 6.33. The maximum absolute atomic E-state index is 12.3. The zero-order valence-electron chi connectivity index (χ0n) is 11.1. The molecule has 0 spiro atoms. The molecule has 0 amide bonds. The lowest BCUT2D eigenvalue weighted by molar-refractivity contribution is 0.0925. The van der Waals surface area contributed by atoms with Crippen molar-refractivity contribution in [1.29, 1.82) is 0 Å². The van der Waals surface area contributed by atoms with Gasteiger partial charge in [0, 0.05) is 10.6 Å². The fourth-order valence-corrected chi connectivity index (χ4v) is 2.42. The summed E-state index contributed by atoms with van der Waals surface area (Å²) in [4.78, 5) is 14.3. The lowest BCUT2D eigenvalue weighted by Gasteiger charge is -2.18. The fourth-order valence-electron chi connectivity index (χ4n) is 1.91. The lowest BCUT2D eigenvalue weighted by Crippen LogP contribution is -2.29. The summed E-state index contributed by atoms with van der Waals surface area (Å²) in [6.07, 6.45) is 1.63. The Hall–Kier alpha value is -1.29. The Balaban J connectivity index is 2.05. The summed E-state index contributed by atoms with van der Waals surface area (Å²) in [5.74, 6) is 0.807. The highest BCUT2D eigenvalue weighted by atomic mass is 35.5. The van der Waals surface area contributed by atoms with E-state index in [4.69, 9.17) is 27.6 Å². The Labute approximate surface area is 128 Å². The molecule has 0 bridgehead atoms. The lowest BCUT2D eigenvalue weighted by atomic mass is 10.1. The average molecular weight is 312 g/mol. The van der Waals surface area contributed by atoms with Gasteiger partial charge in [-0.15, -0.1) is 0 Å². The first kappa shape index (κ1) is 15.1. The molecule has 0 fully saturated rings. The minimum Gasteiger partial charge on any atom is -0.468 e. The monoisotopic (exact) mass is 311 g/mol. The molecule has 2 rings (SSSR count). The number of furan rings is 1. The van der Waals surface area contributed by atoms with Crippen LogP contribution < -0.4 is 0 Å². The molecule has 0 atom stereocenters. The van der Waals surface area contributed by atoms with E-state index >= 15 is 0 Å². The van der Waals surface area contributed by atoms with Gasteiger partial charge < -0.3 is 4.42 Å². The summed E-state index contributed by atoms with van der Waals surface area (Å²) in [7, 11) is 0. The topological polar surface area (TPSA) is 33.5 Å². The van der Waals surface area contributed by atoms with Crippen LogP contribution in [0.5, 0.6) is 0 Å². The molecule has 0 aliphatic rings. The van der Waals surface area contributed by atoms with Gasteiger partial charge in [0.15, 0.2) is 5.78 Å². The third-order valence-electron chi connectivity index (χ3n) is 3.01. The number of halogens is 2. The van der Waals surface area contributed by atoms with Crippen molar-refractivity contribution < 1.29 is 9.21 Å². The highest BCUT2D eigenvalue weighted by Gasteiger charge is 2.15. The molecule has 1 aromatic heterocycles. The maximum atomic E-state index is 12.3. The van der Waals surface area contributed by atoms with E-state index in [1.54, 1.807) is 24.5 Å². The summed E-state index contributed by atoms with van der Waals surface area (Å²) >= 11 is 11.9. The second-order valence-electron chi connectivity index (χ2n) is 4.43. The number of hydrogen-bond acceptors (Lipinski definition) is 3. The minimum atomic E-state index is -0.0277. The molecule has 5 heteroatoms. The van der Waals surface area contributed by atoms with Crippen LogP contribution in [0.1, 0.15) is 23.0 Å². The number of benzene rings is 1. The Morgan fingerprint density at radius 1 is 1.30 bits per heavy atom. The van der Waals surface area contributed by atoms with Crippen molar-refractivity contribution in [2.24, 2.45) is 0 Å². The molecular formula is C15H15Cl2NO2. The fraction of sp³-hybridized carbons (Fsp3) is 0.267. The van der Waals surface area contributed by atoms with Crippen molar-refractivity contribution >= 4 is 29.0 Å². The molecule has 0 unspecified atom stereocenters. The molecule has 1 aromatic carbocycles. The van der Waals surface area contributed by atoms with Gasteiger partial charge in [-0.2, -0.15) is 0 Å². The Morgan fingerprint density at radius 3 is 2.70 bits per heavy atom. The van der Waals surface area contributed by atoms with Crippen molar-refractivity contribution in [1.82, 2.24) is 4.90 Å². The van der Waals surface area contributed by atoms with E-state index in [9.17, 15) is 4.79 Å². The first-order valence-corrected chi connectivity index (χ1v) is 7.08. The Kier molecular flexibility index (Phi) is 5.24. The van der Waals surface area contributed by atoms with Crippen molar-refractivity contribution in [2.75, 3.05) is 13.1 Å². The van der Waals surface area contributed by atoms with Gasteiger partial charge in [0.2, 0.25) is 0 Å². The third kappa shape index (κ3) is 3.85. The van der Waals surface area contributed by atoms with Crippen molar-refractivity contribution in [2.45, 2.75) is 13.5 Å². The summed E-state index contributed by atoms with van der Waals surface area (Å²) in [5, 5.41) is 0.908. The molecule has 106 valence electrons. The SMILES string of the molecule is CCN(CC(=O)c1ccc(Cl)cc1Cl)Cc1ccco1. The second kappa shape index (κ2) is 6.93. The maximum Gasteiger partial charge on any atom is 0.178 e. The van der Waals surface area contributed by atoms with Gasteiger partial charge in [0.1, 0.15) is 5.76 Å². The number of likely N-dealkylation sites (N-methyl/N-ethyl adjacent to an activating group) is 1. The molecule has 0 aliphatic carbocycles. The second-order valence-corrected chi connectivity index (χ2v) is 5.27. The third-order valence-corrected chi connectivity index (χ3v) is 3.55. The molecule has 20 heavy (non-hydrogen) atoms. The standard InChI is InChI=1S/C15H15Cl2NO2/c1-2-18(9-12-4-3-7-20-12)10-15(19)13-6-5-11(16)8-14(13)17/h3-8H,2,9-10H2,1H3. The van der Waals surface area contributed by atoms with E-state index in [1.165, 1.54) is 0 Å². The molecule has 3 nitrogen and oxygen atoms in total. The molecule has 2 aromatic rings. The molecule has 0 saturated heterocycles. The van der Waals surface area contributed by atoms with E-state index < -0.39 is 0 Å². The molecule has 0 N–H and O–H groups in total. The molecular weight excluding hydrogens is 297 g/mol. The zero-order valence-corrected chi connectivity index (χ0v) is 12.6. The number of hydrogen-bond donors (Lipinski definition) is 0. The van der Waals surface area contributed by atoms with E-state index in [0.717, 1.165) is 12.3 Å². The number of carbonyl (C=O) groups excluding carboxylic acids is 1. The van der Waals surface area contributed by atoms with Gasteiger partial charge in [-0.3, -0.25) is 9.69 Å². The van der Waals surface area contributed by atoms with Crippen LogP contribution in [0, 0.1) is 0 Å². The van der Waals surface area contributed by atoms with E-state index in [0.29, 0.717) is 28.7 Å². The predicted octanol–water partition coefficient (Wildman–Crippen LogP) is 4.29. The number of ketones is 1. The summed E-state index contributed by atoms with van der Waals surface area (Å²) in [6.45, 7) is 3.64. The zero-order chi connectivity index (χ0) is 14.5. The van der Waals surface area contributed by atoms with Crippen LogP contribution in [0.15, 0.2) is 41.0 Å². The van der Waals surface area contributed by atoms with Crippen molar-refractivity contribution in [3.05, 3.63) is 58.0 Å². The highest BCUT2D eigenvalue weighted by Crippen LogP contribution is 2.21.